The summed E-state index contributed by atoms with van der Waals surface area (Å²) in [6, 6.07) is 11.5. The van der Waals surface area contributed by atoms with Gasteiger partial charge in [0, 0.05) is 56.7 Å². The Morgan fingerprint density at radius 3 is 1.10 bits per heavy atom. The molecule has 0 bridgehead atoms. The molecular formula is C12H12N4O4Pt. The first-order valence-corrected chi connectivity index (χ1v) is 5.40. The molecule has 0 spiro atoms. The van der Waals surface area contributed by atoms with E-state index in [9.17, 15) is 20.2 Å². The summed E-state index contributed by atoms with van der Waals surface area (Å²) >= 11 is 0. The van der Waals surface area contributed by atoms with Crippen LogP contribution in [0.15, 0.2) is 48.5 Å². The normalized spacial score (nSPS) is 8.76. The van der Waals surface area contributed by atoms with E-state index < -0.39 is 9.85 Å². The largest absolute Gasteiger partial charge is 0.399 e. The fourth-order valence-corrected chi connectivity index (χ4v) is 1.19. The summed E-state index contributed by atoms with van der Waals surface area (Å²) < 4.78 is 0. The number of nitrogens with zero attached hydrogens (tertiary/aromatic N) is 2. The van der Waals surface area contributed by atoms with Crippen molar-refractivity contribution in [3.8, 4) is 0 Å². The van der Waals surface area contributed by atoms with Gasteiger partial charge in [-0.15, -0.1) is 0 Å². The topological polar surface area (TPSA) is 138 Å². The van der Waals surface area contributed by atoms with E-state index in [1.165, 1.54) is 48.5 Å². The van der Waals surface area contributed by atoms with Crippen LogP contribution in [0.4, 0.5) is 22.7 Å². The van der Waals surface area contributed by atoms with Crippen molar-refractivity contribution < 1.29 is 30.9 Å². The predicted octanol–water partition coefficient (Wildman–Crippen LogP) is 2.35. The van der Waals surface area contributed by atoms with Crippen LogP contribution >= 0.6 is 0 Å². The van der Waals surface area contributed by atoms with Crippen molar-refractivity contribution in [3.05, 3.63) is 68.8 Å². The van der Waals surface area contributed by atoms with Crippen LogP contribution in [0.3, 0.4) is 0 Å². The van der Waals surface area contributed by atoms with Crippen molar-refractivity contribution in [1.82, 2.24) is 0 Å². The van der Waals surface area contributed by atoms with E-state index in [-0.39, 0.29) is 32.4 Å². The molecule has 0 fully saturated rings. The van der Waals surface area contributed by atoms with Gasteiger partial charge in [-0.25, -0.2) is 0 Å². The average Bonchev–Trinajstić information content (AvgIpc) is 2.40. The molecule has 21 heavy (non-hydrogen) atoms. The number of hydrogen-bond acceptors (Lipinski definition) is 6. The molecule has 0 aliphatic carbocycles. The SMILES string of the molecule is Nc1ccc([N+](=O)[O-])cc1.Nc1ccc([N+](=O)[O-])cc1.[Pt]. The molecule has 0 amide bonds. The number of rotatable bonds is 2. The van der Waals surface area contributed by atoms with Crippen molar-refractivity contribution in [2.75, 3.05) is 11.5 Å². The van der Waals surface area contributed by atoms with Crippen LogP contribution in [0.25, 0.3) is 0 Å². The molecule has 0 aromatic heterocycles. The molecule has 0 saturated carbocycles. The molecule has 0 radical (unpaired) electrons. The minimum Gasteiger partial charge on any atom is -0.399 e. The molecule has 0 atom stereocenters. The predicted molar refractivity (Wildman–Crippen MR) is 75.0 cm³/mol. The van der Waals surface area contributed by atoms with Gasteiger partial charge in [-0.2, -0.15) is 0 Å². The minimum absolute atomic E-state index is 0. The third kappa shape index (κ3) is 6.49. The van der Waals surface area contributed by atoms with E-state index in [0.717, 1.165) is 0 Å². The summed E-state index contributed by atoms with van der Waals surface area (Å²) in [5.41, 5.74) is 11.8. The van der Waals surface area contributed by atoms with Crippen LogP contribution < -0.4 is 11.5 Å². The zero-order valence-electron chi connectivity index (χ0n) is 10.6. The van der Waals surface area contributed by atoms with Gasteiger partial charge in [-0.05, 0) is 24.3 Å². The summed E-state index contributed by atoms with van der Waals surface area (Å²) in [6.45, 7) is 0. The number of benzene rings is 2. The quantitative estimate of drug-likeness (QED) is 0.392. The molecule has 9 heteroatoms. The second kappa shape index (κ2) is 8.65. The van der Waals surface area contributed by atoms with Gasteiger partial charge in [-0.3, -0.25) is 20.2 Å². The summed E-state index contributed by atoms with van der Waals surface area (Å²) in [6.07, 6.45) is 0. The van der Waals surface area contributed by atoms with Crippen molar-refractivity contribution in [1.29, 1.82) is 0 Å². The number of hydrogen-bond donors (Lipinski definition) is 2. The van der Waals surface area contributed by atoms with Gasteiger partial charge in [0.1, 0.15) is 0 Å². The molecule has 0 aliphatic rings. The van der Waals surface area contributed by atoms with Gasteiger partial charge in [0.05, 0.1) is 9.85 Å². The molecule has 8 nitrogen and oxygen atoms in total. The second-order valence-corrected chi connectivity index (χ2v) is 3.70. The van der Waals surface area contributed by atoms with Gasteiger partial charge in [0.15, 0.2) is 0 Å². The molecular weight excluding hydrogens is 459 g/mol. The Morgan fingerprint density at radius 2 is 0.905 bits per heavy atom. The third-order valence-electron chi connectivity index (χ3n) is 2.21. The van der Waals surface area contributed by atoms with Crippen LogP contribution in [-0.4, -0.2) is 9.85 Å². The smallest absolute Gasteiger partial charge is 0.269 e. The van der Waals surface area contributed by atoms with E-state index in [0.29, 0.717) is 11.4 Å². The van der Waals surface area contributed by atoms with Gasteiger partial charge < -0.3 is 11.5 Å². The number of non-ortho nitro benzene ring substituents is 2. The van der Waals surface area contributed by atoms with Crippen molar-refractivity contribution >= 4 is 22.7 Å². The van der Waals surface area contributed by atoms with E-state index in [1.54, 1.807) is 0 Å². The number of nitro benzene ring substituents is 2. The first kappa shape index (κ1) is 18.5. The second-order valence-electron chi connectivity index (χ2n) is 3.70. The third-order valence-corrected chi connectivity index (χ3v) is 2.21. The van der Waals surface area contributed by atoms with E-state index in [2.05, 4.69) is 0 Å². The Morgan fingerprint density at radius 1 is 0.667 bits per heavy atom. The Bertz CT molecular complexity index is 546. The van der Waals surface area contributed by atoms with Crippen LogP contribution in [0, 0.1) is 20.2 Å². The maximum Gasteiger partial charge on any atom is 0.269 e. The Hall–Kier alpha value is -2.47. The first-order valence-electron chi connectivity index (χ1n) is 5.40. The number of nitrogen functional groups attached to an aromatic ring is 2. The van der Waals surface area contributed by atoms with Crippen LogP contribution in [0.2, 0.25) is 0 Å². The molecule has 0 heterocycles. The number of anilines is 2. The fraction of sp³-hybridized carbons (Fsp3) is 0. The minimum atomic E-state index is -0.459. The summed E-state index contributed by atoms with van der Waals surface area (Å²) in [4.78, 5) is 19.2. The molecule has 2 rings (SSSR count). The Kier molecular flexibility index (Phi) is 7.63. The van der Waals surface area contributed by atoms with E-state index in [4.69, 9.17) is 11.5 Å². The summed E-state index contributed by atoms with van der Waals surface area (Å²) in [5, 5.41) is 20.2. The van der Waals surface area contributed by atoms with Gasteiger partial charge in [0.2, 0.25) is 0 Å². The van der Waals surface area contributed by atoms with E-state index >= 15 is 0 Å². The number of nitrogens with two attached hydrogens (primary N) is 2. The standard InChI is InChI=1S/2C6H6N2O2.Pt/c2*7-5-1-3-6(4-2-5)8(9)10;/h2*1-4H,7H2;. The van der Waals surface area contributed by atoms with Crippen LogP contribution in [0.5, 0.6) is 0 Å². The van der Waals surface area contributed by atoms with Crippen LogP contribution in [0.1, 0.15) is 0 Å². The zero-order valence-corrected chi connectivity index (χ0v) is 12.9. The summed E-state index contributed by atoms with van der Waals surface area (Å²) in [5.74, 6) is 0. The first-order chi connectivity index (χ1) is 9.40. The molecule has 2 aromatic rings. The Labute approximate surface area is 134 Å². The molecule has 4 N–H and O–H groups in total. The number of nitro groups is 2. The molecule has 114 valence electrons. The van der Waals surface area contributed by atoms with Gasteiger partial charge in [0.25, 0.3) is 11.4 Å². The van der Waals surface area contributed by atoms with Gasteiger partial charge in [-0.1, -0.05) is 0 Å². The molecule has 0 saturated heterocycles. The zero-order chi connectivity index (χ0) is 15.1. The van der Waals surface area contributed by atoms with Crippen LogP contribution in [-0.2, 0) is 21.1 Å². The Balaban J connectivity index is 0.000000364. The van der Waals surface area contributed by atoms with Crippen molar-refractivity contribution in [2.24, 2.45) is 0 Å². The molecule has 2 aromatic carbocycles. The fourth-order valence-electron chi connectivity index (χ4n) is 1.19. The van der Waals surface area contributed by atoms with Crippen molar-refractivity contribution in [2.45, 2.75) is 0 Å². The maximum absolute atomic E-state index is 10.1. The average molecular weight is 471 g/mol. The van der Waals surface area contributed by atoms with Crippen molar-refractivity contribution in [3.63, 3.8) is 0 Å². The maximum atomic E-state index is 10.1. The molecule has 0 aliphatic heterocycles. The van der Waals surface area contributed by atoms with E-state index in [1.807, 2.05) is 0 Å². The molecule has 0 unspecified atom stereocenters. The monoisotopic (exact) mass is 471 g/mol. The summed E-state index contributed by atoms with van der Waals surface area (Å²) in [7, 11) is 0. The van der Waals surface area contributed by atoms with Gasteiger partial charge >= 0.3 is 0 Å².